The summed E-state index contributed by atoms with van der Waals surface area (Å²) in [5.41, 5.74) is 3.89. The van der Waals surface area contributed by atoms with Crippen LogP contribution in [0, 0.1) is 0 Å². The molecule has 0 saturated carbocycles. The minimum absolute atomic E-state index is 0.137. The van der Waals surface area contributed by atoms with Crippen LogP contribution in [0.15, 0.2) is 30.7 Å². The van der Waals surface area contributed by atoms with Crippen molar-refractivity contribution in [3.05, 3.63) is 41.9 Å². The predicted molar refractivity (Wildman–Crippen MR) is 146 cm³/mol. The predicted octanol–water partition coefficient (Wildman–Crippen LogP) is 4.51. The summed E-state index contributed by atoms with van der Waals surface area (Å²) < 4.78 is 11.9. The Morgan fingerprint density at radius 2 is 1.86 bits per heavy atom. The van der Waals surface area contributed by atoms with Crippen molar-refractivity contribution in [2.24, 2.45) is 0 Å². The van der Waals surface area contributed by atoms with Gasteiger partial charge >= 0.3 is 0 Å². The number of aromatic nitrogens is 3. The quantitative estimate of drug-likeness (QED) is 0.526. The van der Waals surface area contributed by atoms with Crippen molar-refractivity contribution in [2.75, 3.05) is 45.7 Å². The zero-order valence-electron chi connectivity index (χ0n) is 22.5. The Hall–Kier alpha value is -3.17. The summed E-state index contributed by atoms with van der Waals surface area (Å²) >= 11 is 0. The third-order valence-electron chi connectivity index (χ3n) is 6.84. The van der Waals surface area contributed by atoms with E-state index in [1.54, 1.807) is 6.33 Å². The standard InChI is InChI=1S/C26H34N6O3.C2H6/c1-31-10-3-11-32(2)23(33)7-4-18-14-20(5-6-22(18)35-21-8-12-34-13-9-21)30-26-24-19(16-31)15-27-25(24)28-17-29-26;1-2/h5-6,14-15,17,21H,3-4,7-13,16H2,1-2H3,(H2,27,28,29,30);1-2H3. The van der Waals surface area contributed by atoms with E-state index >= 15 is 0 Å². The van der Waals surface area contributed by atoms with E-state index in [0.29, 0.717) is 12.8 Å². The zero-order valence-corrected chi connectivity index (χ0v) is 22.5. The fourth-order valence-electron chi connectivity index (χ4n) is 4.83. The molecular formula is C28H40N6O3. The minimum atomic E-state index is 0.137. The fraction of sp³-hybridized carbons (Fsp3) is 0.536. The van der Waals surface area contributed by atoms with Crippen molar-refractivity contribution in [3.63, 3.8) is 0 Å². The van der Waals surface area contributed by atoms with Crippen molar-refractivity contribution < 1.29 is 14.3 Å². The number of amides is 1. The van der Waals surface area contributed by atoms with Gasteiger partial charge in [-0.05, 0) is 55.8 Å². The highest BCUT2D eigenvalue weighted by atomic mass is 16.5. The van der Waals surface area contributed by atoms with E-state index in [0.717, 1.165) is 91.5 Å². The average molecular weight is 509 g/mol. The minimum Gasteiger partial charge on any atom is -0.490 e. The van der Waals surface area contributed by atoms with Gasteiger partial charge in [0.1, 0.15) is 29.6 Å². The Balaban J connectivity index is 0.00000156. The number of H-pyrrole nitrogens is 1. The Morgan fingerprint density at radius 3 is 2.68 bits per heavy atom. The van der Waals surface area contributed by atoms with Crippen molar-refractivity contribution in [1.82, 2.24) is 24.8 Å². The molecule has 9 heteroatoms. The van der Waals surface area contributed by atoms with Gasteiger partial charge in [0.15, 0.2) is 0 Å². The summed E-state index contributed by atoms with van der Waals surface area (Å²) in [6.45, 7) is 7.84. The summed E-state index contributed by atoms with van der Waals surface area (Å²) in [4.78, 5) is 29.2. The van der Waals surface area contributed by atoms with Crippen LogP contribution in [-0.4, -0.2) is 77.2 Å². The topological polar surface area (TPSA) is 95.6 Å². The number of benzene rings is 1. The molecule has 3 aromatic rings. The summed E-state index contributed by atoms with van der Waals surface area (Å²) in [6, 6.07) is 6.11. The average Bonchev–Trinajstić information content (AvgIpc) is 3.33. The first-order valence-electron chi connectivity index (χ1n) is 13.4. The number of nitrogens with one attached hydrogen (secondary N) is 2. The third kappa shape index (κ3) is 6.78. The molecular weight excluding hydrogens is 468 g/mol. The maximum absolute atomic E-state index is 12.9. The lowest BCUT2D eigenvalue weighted by Crippen LogP contribution is -2.30. The molecule has 2 N–H and O–H groups in total. The Morgan fingerprint density at radius 1 is 1.05 bits per heavy atom. The van der Waals surface area contributed by atoms with Crippen molar-refractivity contribution in [2.45, 2.75) is 58.6 Å². The number of carbonyl (C=O) groups is 1. The van der Waals surface area contributed by atoms with Crippen LogP contribution < -0.4 is 10.1 Å². The molecule has 9 nitrogen and oxygen atoms in total. The van der Waals surface area contributed by atoms with Gasteiger partial charge in [-0.1, -0.05) is 13.8 Å². The maximum Gasteiger partial charge on any atom is 0.222 e. The first kappa shape index (κ1) is 26.9. The number of nitrogens with zero attached hydrogens (tertiary/aromatic N) is 4. The second-order valence-corrected chi connectivity index (χ2v) is 9.54. The molecule has 200 valence electrons. The number of anilines is 2. The van der Waals surface area contributed by atoms with E-state index in [1.807, 2.05) is 44.1 Å². The highest BCUT2D eigenvalue weighted by molar-refractivity contribution is 5.92. The van der Waals surface area contributed by atoms with E-state index < -0.39 is 0 Å². The summed E-state index contributed by atoms with van der Waals surface area (Å²) in [7, 11) is 4.00. The molecule has 4 heterocycles. The van der Waals surface area contributed by atoms with Gasteiger partial charge in [0.05, 0.1) is 18.6 Å². The molecule has 5 rings (SSSR count). The van der Waals surface area contributed by atoms with Gasteiger partial charge < -0.3 is 29.6 Å². The zero-order chi connectivity index (χ0) is 26.2. The number of aryl methyl sites for hydroxylation is 1. The van der Waals surface area contributed by atoms with Crippen molar-refractivity contribution in [1.29, 1.82) is 0 Å². The monoisotopic (exact) mass is 508 g/mol. The van der Waals surface area contributed by atoms with Gasteiger partial charge in [-0.15, -0.1) is 0 Å². The van der Waals surface area contributed by atoms with Gasteiger partial charge in [0.25, 0.3) is 0 Å². The summed E-state index contributed by atoms with van der Waals surface area (Å²) in [5, 5.41) is 4.50. The first-order chi connectivity index (χ1) is 18.1. The smallest absolute Gasteiger partial charge is 0.222 e. The molecule has 0 spiro atoms. The Labute approximate surface area is 219 Å². The number of ether oxygens (including phenoxy) is 2. The van der Waals surface area contributed by atoms with Crippen LogP contribution in [0.25, 0.3) is 11.0 Å². The second kappa shape index (κ2) is 12.9. The van der Waals surface area contributed by atoms with Crippen LogP contribution >= 0.6 is 0 Å². The normalized spacial score (nSPS) is 18.2. The molecule has 37 heavy (non-hydrogen) atoms. The Kier molecular flexibility index (Phi) is 9.35. The van der Waals surface area contributed by atoms with Crippen LogP contribution in [-0.2, 0) is 22.5 Å². The molecule has 0 atom stereocenters. The third-order valence-corrected chi connectivity index (χ3v) is 6.84. The largest absolute Gasteiger partial charge is 0.490 e. The molecule has 0 unspecified atom stereocenters. The van der Waals surface area contributed by atoms with Crippen LogP contribution in [0.3, 0.4) is 0 Å². The van der Waals surface area contributed by atoms with Gasteiger partial charge in [-0.3, -0.25) is 4.79 Å². The molecule has 2 bridgehead atoms. The van der Waals surface area contributed by atoms with Gasteiger partial charge in [-0.2, -0.15) is 0 Å². The SMILES string of the molecule is CC.CN1CCCN(C)C(=O)CCc2cc(ccc2OC2CCOCC2)Nc2ncnc3[nH]cc(c23)C1. The van der Waals surface area contributed by atoms with E-state index in [1.165, 1.54) is 0 Å². The molecule has 2 aliphatic rings. The molecule has 0 aliphatic carbocycles. The molecule has 1 amide bonds. The molecule has 2 aromatic heterocycles. The lowest BCUT2D eigenvalue weighted by atomic mass is 10.1. The number of carbonyl (C=O) groups excluding carboxylic acids is 1. The highest BCUT2D eigenvalue weighted by Crippen LogP contribution is 2.31. The molecule has 1 fully saturated rings. The number of rotatable bonds is 2. The number of aromatic amines is 1. The first-order valence-corrected chi connectivity index (χ1v) is 13.4. The van der Waals surface area contributed by atoms with Crippen LogP contribution in [0.1, 0.15) is 50.7 Å². The maximum atomic E-state index is 12.9. The highest BCUT2D eigenvalue weighted by Gasteiger charge is 2.19. The number of hydrogen-bond donors (Lipinski definition) is 2. The lowest BCUT2D eigenvalue weighted by molar-refractivity contribution is -0.129. The van der Waals surface area contributed by atoms with Crippen LogP contribution in [0.4, 0.5) is 11.5 Å². The van der Waals surface area contributed by atoms with Gasteiger partial charge in [0.2, 0.25) is 5.91 Å². The number of hydrogen-bond acceptors (Lipinski definition) is 7. The van der Waals surface area contributed by atoms with Crippen LogP contribution in [0.5, 0.6) is 5.75 Å². The fourth-order valence-corrected chi connectivity index (χ4v) is 4.83. The molecule has 0 radical (unpaired) electrons. The molecule has 1 aromatic carbocycles. The van der Waals surface area contributed by atoms with Crippen LogP contribution in [0.2, 0.25) is 0 Å². The van der Waals surface area contributed by atoms with E-state index in [9.17, 15) is 4.79 Å². The summed E-state index contributed by atoms with van der Waals surface area (Å²) in [5.74, 6) is 1.77. The van der Waals surface area contributed by atoms with Gasteiger partial charge in [-0.25, -0.2) is 9.97 Å². The van der Waals surface area contributed by atoms with E-state index in [4.69, 9.17) is 9.47 Å². The van der Waals surface area contributed by atoms with Crippen molar-refractivity contribution in [3.8, 4) is 5.75 Å². The Bertz CT molecular complexity index is 1170. The van der Waals surface area contributed by atoms with Crippen molar-refractivity contribution >= 4 is 28.4 Å². The lowest BCUT2D eigenvalue weighted by Gasteiger charge is -2.25. The molecule has 1 saturated heterocycles. The van der Waals surface area contributed by atoms with E-state index in [2.05, 4.69) is 38.3 Å². The second-order valence-electron chi connectivity index (χ2n) is 9.54. The summed E-state index contributed by atoms with van der Waals surface area (Å²) in [6.07, 6.45) is 7.46. The van der Waals surface area contributed by atoms with Gasteiger partial charge in [0, 0.05) is 51.3 Å². The number of fused-ring (bicyclic) bond motifs is 2. The molecule has 2 aliphatic heterocycles. The van der Waals surface area contributed by atoms with E-state index in [-0.39, 0.29) is 12.0 Å².